The summed E-state index contributed by atoms with van der Waals surface area (Å²) in [4.78, 5) is 16.5. The average molecular weight is 487 g/mol. The molecule has 1 aliphatic rings. The maximum Gasteiger partial charge on any atom is 1.00 e. The van der Waals surface area contributed by atoms with Crippen LogP contribution < -0.4 is 70.4 Å². The van der Waals surface area contributed by atoms with Crippen LogP contribution in [0.2, 0.25) is 0 Å². The van der Waals surface area contributed by atoms with Crippen LogP contribution in [0.1, 0.15) is 0 Å². The standard InChI is InChI=1S/C10H13N5O11S2.2Na/c11-8-13-6-4(7(18)14-8)12-2-15(6)10(28(23,24)25)9(19,27(20,21)22)5(17)3(1-16)26-10;;/h2-3,5,16-17,19H,1H2,(H,20,21,22)(H,23,24,25)(H3,11,13,14,18);;/q;2*+1/p-2/t3-,5-,9+,10+;;/m1../s1. The van der Waals surface area contributed by atoms with E-state index in [1.165, 1.54) is 0 Å². The molecule has 30 heavy (non-hydrogen) atoms. The van der Waals surface area contributed by atoms with Gasteiger partial charge in [-0.2, -0.15) is 4.98 Å². The average Bonchev–Trinajstić information content (AvgIpc) is 3.06. The maximum absolute atomic E-state index is 12.1. The van der Waals surface area contributed by atoms with E-state index in [1.807, 2.05) is 4.98 Å². The predicted octanol–water partition coefficient (Wildman–Crippen LogP) is -11.1. The van der Waals surface area contributed by atoms with E-state index >= 15 is 0 Å². The zero-order chi connectivity index (χ0) is 21.3. The van der Waals surface area contributed by atoms with Gasteiger partial charge in [0.1, 0.15) is 28.7 Å². The van der Waals surface area contributed by atoms with Crippen molar-refractivity contribution < 1.29 is 105 Å². The van der Waals surface area contributed by atoms with Gasteiger partial charge in [0.2, 0.25) is 10.9 Å². The number of imidazole rings is 1. The smallest absolute Gasteiger partial charge is 0.745 e. The van der Waals surface area contributed by atoms with Crippen molar-refractivity contribution in [2.75, 3.05) is 12.3 Å². The van der Waals surface area contributed by atoms with Crippen molar-refractivity contribution in [3.05, 3.63) is 16.7 Å². The number of hydrogen-bond acceptors (Lipinski definition) is 14. The number of hydrogen-bond donors (Lipinski definition) is 5. The molecule has 0 aromatic carbocycles. The first-order valence-corrected chi connectivity index (χ1v) is 9.87. The number of fused-ring (bicyclic) bond motifs is 1. The number of H-pyrrole nitrogens is 1. The number of nitrogen functional groups attached to an aromatic ring is 1. The van der Waals surface area contributed by atoms with Crippen LogP contribution in [0.3, 0.4) is 0 Å². The molecule has 0 bridgehead atoms. The summed E-state index contributed by atoms with van der Waals surface area (Å²) in [6.45, 7) is -1.31. The Morgan fingerprint density at radius 3 is 2.30 bits per heavy atom. The summed E-state index contributed by atoms with van der Waals surface area (Å²) >= 11 is 0. The fourth-order valence-electron chi connectivity index (χ4n) is 2.97. The van der Waals surface area contributed by atoms with Gasteiger partial charge in [0, 0.05) is 0 Å². The minimum Gasteiger partial charge on any atom is -0.745 e. The van der Waals surface area contributed by atoms with Gasteiger partial charge in [-0.1, -0.05) is 0 Å². The number of aromatic nitrogens is 4. The molecule has 6 N–H and O–H groups in total. The Hall–Kier alpha value is -0.190. The van der Waals surface area contributed by atoms with Crippen LogP contribution in [-0.4, -0.2) is 84.5 Å². The molecule has 0 aliphatic carbocycles. The molecule has 1 saturated heterocycles. The van der Waals surface area contributed by atoms with E-state index in [2.05, 4.69) is 9.97 Å². The van der Waals surface area contributed by atoms with Gasteiger partial charge < -0.3 is 34.9 Å². The third-order valence-electron chi connectivity index (χ3n) is 4.16. The Kier molecular flexibility index (Phi) is 8.01. The first-order valence-electron chi connectivity index (χ1n) is 7.05. The molecule has 0 radical (unpaired) electrons. The van der Waals surface area contributed by atoms with Gasteiger partial charge in [0.05, 0.1) is 6.61 Å². The number of nitrogens with zero attached hydrogens (tertiary/aromatic N) is 3. The Morgan fingerprint density at radius 1 is 1.27 bits per heavy atom. The molecule has 4 atom stereocenters. The molecular weight excluding hydrogens is 476 g/mol. The summed E-state index contributed by atoms with van der Waals surface area (Å²) in [6, 6.07) is 0. The number of aromatic amines is 1. The fraction of sp³-hybridized carbons (Fsp3) is 0.500. The Bertz CT molecular complexity index is 1230. The number of aliphatic hydroxyl groups is 3. The zero-order valence-corrected chi connectivity index (χ0v) is 20.9. The predicted molar refractivity (Wildman–Crippen MR) is 82.8 cm³/mol. The topological polar surface area (TPSA) is 274 Å². The Morgan fingerprint density at radius 2 is 1.83 bits per heavy atom. The van der Waals surface area contributed by atoms with Crippen molar-refractivity contribution in [1.82, 2.24) is 19.5 Å². The maximum atomic E-state index is 12.1. The van der Waals surface area contributed by atoms with Gasteiger partial charge >= 0.3 is 59.1 Å². The van der Waals surface area contributed by atoms with Crippen molar-refractivity contribution in [3.63, 3.8) is 0 Å². The normalized spacial score (nSPS) is 29.4. The summed E-state index contributed by atoms with van der Waals surface area (Å²) < 4.78 is 76.4. The molecule has 0 amide bonds. The summed E-state index contributed by atoms with van der Waals surface area (Å²) in [5, 5.41) is 25.7. The van der Waals surface area contributed by atoms with Crippen LogP contribution in [0.4, 0.5) is 5.95 Å². The fourth-order valence-corrected chi connectivity index (χ4v) is 5.58. The third-order valence-corrected chi connectivity index (χ3v) is 6.85. The van der Waals surface area contributed by atoms with Crippen molar-refractivity contribution in [1.29, 1.82) is 0 Å². The Balaban J connectivity index is 0.00000225. The van der Waals surface area contributed by atoms with Crippen LogP contribution in [0, 0.1) is 0 Å². The zero-order valence-electron chi connectivity index (χ0n) is 15.3. The van der Waals surface area contributed by atoms with E-state index in [1.54, 1.807) is 0 Å². The van der Waals surface area contributed by atoms with Crippen LogP contribution >= 0.6 is 0 Å². The number of rotatable bonds is 4. The molecule has 0 unspecified atom stereocenters. The number of aliphatic hydroxyl groups excluding tert-OH is 2. The second kappa shape index (κ2) is 8.63. The van der Waals surface area contributed by atoms with Crippen LogP contribution in [-0.2, 0) is 30.0 Å². The minimum atomic E-state index is -6.25. The quantitative estimate of drug-likeness (QED) is 0.198. The monoisotopic (exact) mass is 487 g/mol. The third kappa shape index (κ3) is 3.57. The molecule has 3 heterocycles. The molecule has 0 saturated carbocycles. The van der Waals surface area contributed by atoms with Gasteiger partial charge in [-0.15, -0.1) is 0 Å². The van der Waals surface area contributed by atoms with E-state index in [0.717, 1.165) is 0 Å². The van der Waals surface area contributed by atoms with Crippen LogP contribution in [0.25, 0.3) is 11.2 Å². The van der Waals surface area contributed by atoms with Gasteiger partial charge in [0.15, 0.2) is 21.3 Å². The van der Waals surface area contributed by atoms with Crippen molar-refractivity contribution in [3.8, 4) is 0 Å². The number of ether oxygens (including phenoxy) is 1. The van der Waals surface area contributed by atoms with Crippen LogP contribution in [0.15, 0.2) is 11.1 Å². The Labute approximate surface area is 211 Å². The molecule has 0 spiro atoms. The van der Waals surface area contributed by atoms with E-state index in [-0.39, 0.29) is 63.7 Å². The van der Waals surface area contributed by atoms with E-state index in [0.29, 0.717) is 6.33 Å². The van der Waals surface area contributed by atoms with Crippen molar-refractivity contribution in [2.24, 2.45) is 0 Å². The first-order chi connectivity index (χ1) is 12.7. The summed E-state index contributed by atoms with van der Waals surface area (Å²) in [6.07, 6.45) is -4.74. The van der Waals surface area contributed by atoms with Gasteiger partial charge in [-0.05, 0) is 0 Å². The molecule has 1 fully saturated rings. The van der Waals surface area contributed by atoms with Gasteiger partial charge in [-0.3, -0.25) is 14.3 Å². The van der Waals surface area contributed by atoms with Gasteiger partial charge in [0.25, 0.3) is 10.6 Å². The van der Waals surface area contributed by atoms with E-state index in [4.69, 9.17) is 10.5 Å². The second-order valence-corrected chi connectivity index (χ2v) is 8.70. The molecule has 1 aliphatic heterocycles. The number of anilines is 1. The van der Waals surface area contributed by atoms with E-state index < -0.39 is 71.7 Å². The summed E-state index contributed by atoms with van der Waals surface area (Å²) in [5.41, 5.74) is 2.74. The number of nitrogens with two attached hydrogens (primary N) is 1. The largest absolute Gasteiger partial charge is 1.00 e. The summed E-state index contributed by atoms with van der Waals surface area (Å²) in [7, 11) is -12.5. The van der Waals surface area contributed by atoms with Gasteiger partial charge in [-0.25, -0.2) is 21.8 Å². The second-order valence-electron chi connectivity index (χ2n) is 5.71. The molecular formula is C10H11N5Na2O11S2. The summed E-state index contributed by atoms with van der Waals surface area (Å²) in [5.74, 6) is -0.636. The molecule has 156 valence electrons. The SMILES string of the molecule is Nc1nc2c(ncn2[C@]2(S(=O)(=O)[O-])O[C@H](CO)[C@@H](O)[C@]2(O)S(=O)(=O)[O-])c(=O)[nH]1.[Na+].[Na+]. The minimum absolute atomic E-state index is 0. The molecule has 20 heteroatoms. The molecule has 16 nitrogen and oxygen atoms in total. The number of nitrogens with one attached hydrogen (secondary N) is 1. The van der Waals surface area contributed by atoms with Crippen LogP contribution in [0.5, 0.6) is 0 Å². The molecule has 3 rings (SSSR count). The molecule has 2 aromatic heterocycles. The van der Waals surface area contributed by atoms with Crippen molar-refractivity contribution >= 4 is 37.3 Å². The van der Waals surface area contributed by atoms with Crippen molar-refractivity contribution in [2.45, 2.75) is 22.2 Å². The first kappa shape index (κ1) is 27.8. The molecule has 2 aromatic rings. The van der Waals surface area contributed by atoms with E-state index in [9.17, 15) is 46.1 Å².